The Balaban J connectivity index is 0.000000146. The van der Waals surface area contributed by atoms with E-state index in [9.17, 15) is 24.0 Å². The van der Waals surface area contributed by atoms with Crippen LogP contribution in [0.3, 0.4) is 0 Å². The molecule has 0 aliphatic carbocycles. The maximum absolute atomic E-state index is 12.9. The number of nitrogens with two attached hydrogens (primary N) is 5. The molecule has 0 radical (unpaired) electrons. The Kier molecular flexibility index (Phi) is 26.5. The molecule has 0 saturated carbocycles. The van der Waals surface area contributed by atoms with Crippen molar-refractivity contribution in [3.05, 3.63) is 206 Å². The highest BCUT2D eigenvalue weighted by Crippen LogP contribution is 2.32. The molecule has 0 aliphatic rings. The summed E-state index contributed by atoms with van der Waals surface area (Å²) in [5, 5.41) is 1.30. The van der Waals surface area contributed by atoms with Crippen LogP contribution in [0.15, 0.2) is 59.4 Å². The minimum absolute atomic E-state index is 0.00784. The normalized spacial score (nSPS) is 11.2. The van der Waals surface area contributed by atoms with Crippen LogP contribution in [-0.4, -0.2) is 135 Å². The first-order chi connectivity index (χ1) is 56.2. The van der Waals surface area contributed by atoms with E-state index >= 15 is 0 Å². The van der Waals surface area contributed by atoms with E-state index in [-0.39, 0.29) is 117 Å². The van der Waals surface area contributed by atoms with Crippen LogP contribution in [0, 0.1) is 85.2 Å². The van der Waals surface area contributed by atoms with E-state index in [4.69, 9.17) is 114 Å². The van der Waals surface area contributed by atoms with Gasteiger partial charge in [-0.05, 0) is 125 Å². The number of aryl methyl sites for hydroxylation is 9. The molecule has 45 heteroatoms. The van der Waals surface area contributed by atoms with E-state index in [0.29, 0.717) is 84.5 Å². The first-order valence-corrected chi connectivity index (χ1v) is 39.5. The molecule has 620 valence electrons. The molecule has 37 nitrogen and oxygen atoms in total. The number of nitrogen functional groups attached to an aromatic ring is 5. The van der Waals surface area contributed by atoms with Gasteiger partial charge in [0.05, 0.1) is 82.0 Å². The van der Waals surface area contributed by atoms with Gasteiger partial charge in [-0.25, -0.2) is 24.0 Å². The molecular formula is C74H76BrCl6IN30O7. The maximum Gasteiger partial charge on any atom is 0.331 e. The molecule has 0 aromatic carbocycles. The Morgan fingerprint density at radius 2 is 0.630 bits per heavy atom. The maximum atomic E-state index is 12.9. The average Bonchev–Trinajstić information content (AvgIpc) is 1.63. The van der Waals surface area contributed by atoms with Crippen LogP contribution in [0.1, 0.15) is 84.1 Å². The second-order valence-corrected chi connectivity index (χ2v) is 31.2. The molecule has 15 aromatic heterocycles. The molecule has 0 bridgehead atoms. The molecule has 0 saturated heterocycles. The Morgan fingerprint density at radius 1 is 0.370 bits per heavy atom. The van der Waals surface area contributed by atoms with E-state index in [2.05, 4.69) is 119 Å². The lowest BCUT2D eigenvalue weighted by atomic mass is 10.1. The SMILES string of the molecule is C#CCn1c(=O)n(Cc2ncc(C)c(OC)c2C)c2nc(N)nc(Cl)c21.COc1c(C)cnc(Cn2c(=O)n(C)c3c(Cl)nc(N)nc32)c1C.Cc1cnc(Cn2c(=O)n(C)c3c(Cl)nc(N)nc32)c(C)c1Br.Cc1cnc(Cn2c(=O)n(C)c3c(Cl)nc(N)nc32)c(C)c1Cl.Cc1cnc(Cn2c(=O)n(C)c3c(Cl)nc(N)nc32)c(C)c1I. The van der Waals surface area contributed by atoms with Crippen molar-refractivity contribution in [1.29, 1.82) is 0 Å². The van der Waals surface area contributed by atoms with Crippen molar-refractivity contribution in [1.82, 2.24) is 120 Å². The van der Waals surface area contributed by atoms with E-state index in [1.54, 1.807) is 73.4 Å². The van der Waals surface area contributed by atoms with Crippen LogP contribution < -0.4 is 66.6 Å². The number of halogens is 8. The average molecular weight is 1920 g/mol. The zero-order valence-corrected chi connectivity index (χ0v) is 74.9. The van der Waals surface area contributed by atoms with Gasteiger partial charge in [0.1, 0.15) is 39.1 Å². The lowest BCUT2D eigenvalue weighted by molar-refractivity contribution is 0.406. The van der Waals surface area contributed by atoms with Crippen LogP contribution in [0.2, 0.25) is 30.8 Å². The minimum Gasteiger partial charge on any atom is -0.496 e. The highest BCUT2D eigenvalue weighted by atomic mass is 127. The first-order valence-electron chi connectivity index (χ1n) is 35.3. The molecule has 15 aromatic rings. The fraction of sp³-hybridized carbons (Fsp3) is 0.297. The van der Waals surface area contributed by atoms with Gasteiger partial charge in [0, 0.05) is 94.5 Å². The number of terminal acetylenes is 1. The molecular weight excluding hydrogens is 1840 g/mol. The summed E-state index contributed by atoms with van der Waals surface area (Å²) in [5.74, 6) is 3.97. The fourth-order valence-electron chi connectivity index (χ4n) is 13.2. The third-order valence-corrected chi connectivity index (χ3v) is 24.3. The summed E-state index contributed by atoms with van der Waals surface area (Å²) in [6.45, 7) is 20.5. The highest BCUT2D eigenvalue weighted by molar-refractivity contribution is 14.1. The molecule has 0 unspecified atom stereocenters. The van der Waals surface area contributed by atoms with Gasteiger partial charge < -0.3 is 38.1 Å². The number of aromatic nitrogens is 25. The summed E-state index contributed by atoms with van der Waals surface area (Å²) in [7, 11) is 9.68. The van der Waals surface area contributed by atoms with E-state index in [0.717, 1.165) is 86.6 Å². The number of hydrogen-bond acceptors (Lipinski definition) is 27. The van der Waals surface area contributed by atoms with Crippen LogP contribution in [0.5, 0.6) is 11.5 Å². The van der Waals surface area contributed by atoms with Gasteiger partial charge in [-0.15, -0.1) is 6.42 Å². The van der Waals surface area contributed by atoms with E-state index in [1.807, 2.05) is 69.2 Å². The molecule has 15 heterocycles. The number of anilines is 5. The van der Waals surface area contributed by atoms with E-state index in [1.165, 1.54) is 45.7 Å². The number of imidazole rings is 5. The number of pyridine rings is 5. The molecule has 0 spiro atoms. The molecule has 119 heavy (non-hydrogen) atoms. The standard InChI is InChI=1S/C17H17ClN6O2.C15H17ClN6O2.C14H14BrClN6O.C14H14Cl2N6O.C14H14ClIN6O/c1-5-6-23-12-14(18)21-16(19)22-15(12)24(17(23)25)8-11-10(3)13(26-4)9(2)7-20-11;1-7-5-18-9(8(2)11(7)24-4)6-22-13-10(21(3)15(22)23)12(16)19-14(17)20-13;2*1-6-4-18-8(7(2)9(6)15)5-22-12-10(21(3)14(22)23)11(16)19-13(17)20-12;1-6-4-18-8(7(2)9(6)16)5-22-12-10(21(3)14(22)23)11(15)19-13(17)20-12/h1,7H,6,8H2,2-4H3,(H2,19,21,22);5H,6H2,1-4H3,(H2,17,19,20);3*4H,5H2,1-3H3,(H2,17,19,20). The van der Waals surface area contributed by atoms with Crippen LogP contribution in [-0.2, 0) is 67.5 Å². The predicted octanol–water partition coefficient (Wildman–Crippen LogP) is 9.26. The number of fused-ring (bicyclic) bond motifs is 5. The first kappa shape index (κ1) is 88.4. The van der Waals surface area contributed by atoms with Crippen molar-refractivity contribution in [2.75, 3.05) is 42.9 Å². The van der Waals surface area contributed by atoms with Crippen LogP contribution >= 0.6 is 108 Å². The summed E-state index contributed by atoms with van der Waals surface area (Å²) in [6.07, 6.45) is 14.0. The summed E-state index contributed by atoms with van der Waals surface area (Å²) in [6, 6.07) is 0. The zero-order valence-electron chi connectivity index (χ0n) is 66.7. The summed E-state index contributed by atoms with van der Waals surface area (Å²) >= 11 is 42.7. The molecule has 15 rings (SSSR count). The number of rotatable bonds is 13. The van der Waals surface area contributed by atoms with Gasteiger partial charge in [-0.3, -0.25) is 70.6 Å². The quantitative estimate of drug-likeness (QED) is 0.0407. The van der Waals surface area contributed by atoms with Gasteiger partial charge in [-0.2, -0.15) is 49.8 Å². The van der Waals surface area contributed by atoms with Crippen LogP contribution in [0.25, 0.3) is 55.8 Å². The van der Waals surface area contributed by atoms with Crippen molar-refractivity contribution in [3.63, 3.8) is 0 Å². The van der Waals surface area contributed by atoms with Gasteiger partial charge >= 0.3 is 28.4 Å². The Labute approximate surface area is 727 Å². The summed E-state index contributed by atoms with van der Waals surface area (Å²) in [4.78, 5) is 126. The lowest BCUT2D eigenvalue weighted by Gasteiger charge is -2.12. The predicted molar refractivity (Wildman–Crippen MR) is 471 cm³/mol. The smallest absolute Gasteiger partial charge is 0.331 e. The lowest BCUT2D eigenvalue weighted by Crippen LogP contribution is -2.25. The molecule has 0 fully saturated rings. The molecule has 0 aliphatic heterocycles. The minimum atomic E-state index is -0.361. The Morgan fingerprint density at radius 3 is 0.950 bits per heavy atom. The Hall–Kier alpha value is -11.4. The second-order valence-electron chi connectivity index (χ2n) is 27.2. The third-order valence-electron chi connectivity index (χ3n) is 19.5. The van der Waals surface area contributed by atoms with Crippen molar-refractivity contribution < 1.29 is 9.47 Å². The van der Waals surface area contributed by atoms with Gasteiger partial charge in [-0.1, -0.05) is 91.5 Å². The van der Waals surface area contributed by atoms with Crippen molar-refractivity contribution >= 4 is 194 Å². The van der Waals surface area contributed by atoms with Crippen molar-refractivity contribution in [3.8, 4) is 23.8 Å². The second kappa shape index (κ2) is 35.7. The number of hydrogen-bond donors (Lipinski definition) is 5. The topological polar surface area (TPSA) is 477 Å². The largest absolute Gasteiger partial charge is 0.496 e. The third kappa shape index (κ3) is 17.2. The summed E-state index contributed by atoms with van der Waals surface area (Å²) in [5.41, 5.74) is 44.0. The monoisotopic (exact) mass is 1910 g/mol. The van der Waals surface area contributed by atoms with E-state index < -0.39 is 0 Å². The highest BCUT2D eigenvalue weighted by Gasteiger charge is 2.26. The van der Waals surface area contributed by atoms with Gasteiger partial charge in [0.15, 0.2) is 54.0 Å². The summed E-state index contributed by atoms with van der Waals surface area (Å²) < 4.78 is 27.3. The molecule has 10 N–H and O–H groups in total. The number of nitrogens with zero attached hydrogens (tertiary/aromatic N) is 25. The fourth-order valence-corrected chi connectivity index (χ4v) is 15.6. The number of ether oxygens (including phenoxy) is 2. The van der Waals surface area contributed by atoms with Crippen molar-refractivity contribution in [2.45, 2.75) is 109 Å². The van der Waals surface area contributed by atoms with Crippen molar-refractivity contribution in [2.24, 2.45) is 28.2 Å². The van der Waals surface area contributed by atoms with Gasteiger partial charge in [0.25, 0.3) is 0 Å². The molecule has 0 amide bonds. The number of methoxy groups -OCH3 is 2. The van der Waals surface area contributed by atoms with Gasteiger partial charge in [0.2, 0.25) is 29.7 Å². The molecule has 0 atom stereocenters. The Bertz CT molecular complexity index is 6630. The van der Waals surface area contributed by atoms with Crippen LogP contribution in [0.4, 0.5) is 29.7 Å². The zero-order chi connectivity index (χ0) is 87.3.